The summed E-state index contributed by atoms with van der Waals surface area (Å²) in [6.07, 6.45) is 4.83. The van der Waals surface area contributed by atoms with Crippen molar-refractivity contribution in [2.75, 3.05) is 25.0 Å². The number of ether oxygens (including phenoxy) is 1. The number of primary amides is 1. The Balaban J connectivity index is 1.37. The highest BCUT2D eigenvalue weighted by molar-refractivity contribution is 5.93. The zero-order chi connectivity index (χ0) is 19.3. The van der Waals surface area contributed by atoms with Gasteiger partial charge in [0.15, 0.2) is 6.61 Å². The number of carbonyl (C=O) groups excluding carboxylic acids is 1. The number of nitrogens with one attached hydrogen (secondary N) is 1. The molecule has 144 valence electrons. The van der Waals surface area contributed by atoms with E-state index in [0.29, 0.717) is 11.8 Å². The van der Waals surface area contributed by atoms with Crippen molar-refractivity contribution in [3.63, 3.8) is 0 Å². The van der Waals surface area contributed by atoms with Crippen LogP contribution in [0.25, 0.3) is 10.8 Å². The van der Waals surface area contributed by atoms with Gasteiger partial charge in [0.05, 0.1) is 0 Å². The van der Waals surface area contributed by atoms with Gasteiger partial charge in [0.25, 0.3) is 5.91 Å². The predicted octanol–water partition coefficient (Wildman–Crippen LogP) is 2.79. The molecule has 0 aliphatic carbocycles. The number of amides is 1. The first-order chi connectivity index (χ1) is 13.7. The van der Waals surface area contributed by atoms with Crippen LogP contribution in [0.1, 0.15) is 12.0 Å². The Morgan fingerprint density at radius 3 is 3.04 bits per heavy atom. The molecule has 1 aromatic heterocycles. The molecule has 1 saturated heterocycles. The molecule has 1 aliphatic rings. The lowest BCUT2D eigenvalue weighted by atomic mass is 10.1. The van der Waals surface area contributed by atoms with Crippen molar-refractivity contribution in [1.29, 1.82) is 0 Å². The van der Waals surface area contributed by atoms with Gasteiger partial charge in [-0.3, -0.25) is 14.7 Å². The molecule has 28 heavy (non-hydrogen) atoms. The molecule has 6 nitrogen and oxygen atoms in total. The number of fused-ring (bicyclic) bond motifs is 1. The van der Waals surface area contributed by atoms with Crippen LogP contribution in [0.4, 0.5) is 5.69 Å². The minimum atomic E-state index is -0.469. The minimum absolute atomic E-state index is 0.0975. The van der Waals surface area contributed by atoms with Gasteiger partial charge in [-0.1, -0.05) is 24.3 Å². The van der Waals surface area contributed by atoms with Gasteiger partial charge < -0.3 is 15.8 Å². The summed E-state index contributed by atoms with van der Waals surface area (Å²) in [6, 6.07) is 16.6. The summed E-state index contributed by atoms with van der Waals surface area (Å²) in [5.74, 6) is 0.206. The molecule has 0 saturated carbocycles. The Kier molecular flexibility index (Phi) is 5.39. The van der Waals surface area contributed by atoms with E-state index in [0.717, 1.165) is 37.1 Å². The molecule has 0 radical (unpaired) electrons. The molecule has 0 spiro atoms. The Labute approximate surface area is 164 Å². The molecule has 1 aliphatic heterocycles. The van der Waals surface area contributed by atoms with Crippen molar-refractivity contribution >= 4 is 22.4 Å². The normalized spacial score (nSPS) is 16.9. The molecule has 2 aromatic carbocycles. The molecule has 6 heteroatoms. The minimum Gasteiger partial charge on any atom is -0.484 e. The van der Waals surface area contributed by atoms with Crippen LogP contribution in [0.15, 0.2) is 60.9 Å². The maximum Gasteiger partial charge on any atom is 0.255 e. The number of hydrogen-bond donors (Lipinski definition) is 2. The van der Waals surface area contributed by atoms with E-state index in [1.807, 2.05) is 30.6 Å². The number of rotatable bonds is 7. The zero-order valence-corrected chi connectivity index (χ0v) is 15.7. The fraction of sp³-hybridized carbons (Fsp3) is 0.273. The molecule has 4 rings (SSSR count). The van der Waals surface area contributed by atoms with Crippen LogP contribution in [0.2, 0.25) is 0 Å². The second-order valence-corrected chi connectivity index (χ2v) is 7.17. The lowest BCUT2D eigenvalue weighted by Gasteiger charge is -2.18. The Morgan fingerprint density at radius 2 is 2.14 bits per heavy atom. The fourth-order valence-corrected chi connectivity index (χ4v) is 3.71. The lowest BCUT2D eigenvalue weighted by Crippen LogP contribution is -2.26. The van der Waals surface area contributed by atoms with Gasteiger partial charge in [-0.2, -0.15) is 0 Å². The maximum absolute atomic E-state index is 10.9. The molecular weight excluding hydrogens is 352 g/mol. The van der Waals surface area contributed by atoms with Crippen molar-refractivity contribution in [3.05, 3.63) is 66.5 Å². The predicted molar refractivity (Wildman–Crippen MR) is 110 cm³/mol. The standard InChI is InChI=1S/C22H24N4O2/c23-22(27)15-28-19-5-1-3-16(11-19)13-26-10-8-18(14-26)25-21-6-2-4-17-12-24-9-7-20(17)21/h1-7,9,11-12,18,25H,8,10,13-15H2,(H2,23,27). The van der Waals surface area contributed by atoms with Gasteiger partial charge >= 0.3 is 0 Å². The van der Waals surface area contributed by atoms with E-state index < -0.39 is 5.91 Å². The second kappa shape index (κ2) is 8.27. The summed E-state index contributed by atoms with van der Waals surface area (Å²) in [4.78, 5) is 17.5. The van der Waals surface area contributed by atoms with E-state index in [1.165, 1.54) is 10.9 Å². The second-order valence-electron chi connectivity index (χ2n) is 7.17. The van der Waals surface area contributed by atoms with Gasteiger partial charge in [0, 0.05) is 54.5 Å². The number of nitrogens with zero attached hydrogens (tertiary/aromatic N) is 2. The molecule has 1 fully saturated rings. The number of pyridine rings is 1. The third kappa shape index (κ3) is 4.40. The molecule has 3 N–H and O–H groups in total. The van der Waals surface area contributed by atoms with Gasteiger partial charge in [0.2, 0.25) is 0 Å². The molecule has 1 unspecified atom stereocenters. The van der Waals surface area contributed by atoms with E-state index in [-0.39, 0.29) is 6.61 Å². The van der Waals surface area contributed by atoms with Gasteiger partial charge in [-0.25, -0.2) is 0 Å². The third-order valence-corrected chi connectivity index (χ3v) is 5.00. The average molecular weight is 376 g/mol. The third-order valence-electron chi connectivity index (χ3n) is 5.00. The number of benzene rings is 2. The number of aromatic nitrogens is 1. The highest BCUT2D eigenvalue weighted by Gasteiger charge is 2.22. The van der Waals surface area contributed by atoms with Crippen LogP contribution in [-0.4, -0.2) is 41.5 Å². The first kappa shape index (κ1) is 18.3. The summed E-state index contributed by atoms with van der Waals surface area (Å²) in [7, 11) is 0. The monoisotopic (exact) mass is 376 g/mol. The lowest BCUT2D eigenvalue weighted by molar-refractivity contribution is -0.119. The summed E-state index contributed by atoms with van der Waals surface area (Å²) < 4.78 is 5.40. The number of likely N-dealkylation sites (tertiary alicyclic amines) is 1. The van der Waals surface area contributed by atoms with Crippen molar-refractivity contribution in [2.24, 2.45) is 5.73 Å². The molecule has 1 amide bonds. The van der Waals surface area contributed by atoms with Crippen LogP contribution in [0, 0.1) is 0 Å². The quantitative estimate of drug-likeness (QED) is 0.663. The first-order valence-electron chi connectivity index (χ1n) is 9.49. The van der Waals surface area contributed by atoms with Crippen molar-refractivity contribution in [2.45, 2.75) is 19.0 Å². The highest BCUT2D eigenvalue weighted by atomic mass is 16.5. The number of carbonyl (C=O) groups is 1. The Hall–Kier alpha value is -3.12. The van der Waals surface area contributed by atoms with E-state index >= 15 is 0 Å². The van der Waals surface area contributed by atoms with E-state index in [2.05, 4.69) is 45.5 Å². The van der Waals surface area contributed by atoms with Crippen molar-refractivity contribution < 1.29 is 9.53 Å². The van der Waals surface area contributed by atoms with Crippen molar-refractivity contribution in [1.82, 2.24) is 9.88 Å². The zero-order valence-electron chi connectivity index (χ0n) is 15.7. The molecular formula is C22H24N4O2. The Morgan fingerprint density at radius 1 is 1.25 bits per heavy atom. The largest absolute Gasteiger partial charge is 0.484 e. The van der Waals surface area contributed by atoms with Crippen LogP contribution >= 0.6 is 0 Å². The Bertz CT molecular complexity index is 970. The van der Waals surface area contributed by atoms with Crippen LogP contribution in [0.3, 0.4) is 0 Å². The molecule has 1 atom stereocenters. The number of hydrogen-bond acceptors (Lipinski definition) is 5. The topological polar surface area (TPSA) is 80.5 Å². The van der Waals surface area contributed by atoms with Crippen LogP contribution in [0.5, 0.6) is 5.75 Å². The van der Waals surface area contributed by atoms with Crippen molar-refractivity contribution in [3.8, 4) is 5.75 Å². The van der Waals surface area contributed by atoms with Gasteiger partial charge in [-0.05, 0) is 36.2 Å². The van der Waals surface area contributed by atoms with Gasteiger partial charge in [0.1, 0.15) is 5.75 Å². The van der Waals surface area contributed by atoms with Crippen LogP contribution < -0.4 is 15.8 Å². The highest BCUT2D eigenvalue weighted by Crippen LogP contribution is 2.25. The average Bonchev–Trinajstić information content (AvgIpc) is 3.14. The molecule has 3 aromatic rings. The summed E-state index contributed by atoms with van der Waals surface area (Å²) in [5.41, 5.74) is 7.47. The van der Waals surface area contributed by atoms with E-state index in [1.54, 1.807) is 0 Å². The van der Waals surface area contributed by atoms with Crippen LogP contribution in [-0.2, 0) is 11.3 Å². The number of anilines is 1. The van der Waals surface area contributed by atoms with E-state index in [4.69, 9.17) is 10.5 Å². The van der Waals surface area contributed by atoms with Gasteiger partial charge in [-0.15, -0.1) is 0 Å². The SMILES string of the molecule is NC(=O)COc1cccc(CN2CCC(Nc3cccc4cnccc34)C2)c1. The summed E-state index contributed by atoms with van der Waals surface area (Å²) in [6.45, 7) is 2.77. The number of nitrogens with two attached hydrogens (primary N) is 1. The fourth-order valence-electron chi connectivity index (χ4n) is 3.71. The summed E-state index contributed by atoms with van der Waals surface area (Å²) >= 11 is 0. The smallest absolute Gasteiger partial charge is 0.255 e. The van der Waals surface area contributed by atoms with E-state index in [9.17, 15) is 4.79 Å². The first-order valence-corrected chi connectivity index (χ1v) is 9.49. The molecule has 2 heterocycles. The molecule has 0 bridgehead atoms. The summed E-state index contributed by atoms with van der Waals surface area (Å²) in [5, 5.41) is 6.05. The maximum atomic E-state index is 10.9.